The molecule has 0 aromatic heterocycles. The molecule has 0 saturated heterocycles. The Bertz CT molecular complexity index is 585. The molecule has 0 fully saturated rings. The second-order valence-corrected chi connectivity index (χ2v) is 3.70. The Kier molecular flexibility index (Phi) is 5.40. The standard InChI is InChI=1S/C11H13F2N5O3/c12-8(13)4-21-7-2-1-5(9(19)20)3-6(7)17-11(16)18-10(14)15/h1-3,8H,4H2,(H,19,20)(H6,14,15,16,17,18). The Morgan fingerprint density at radius 1 is 1.33 bits per heavy atom. The molecule has 0 aliphatic carbocycles. The van der Waals surface area contributed by atoms with Gasteiger partial charge in [0, 0.05) is 0 Å². The van der Waals surface area contributed by atoms with Crippen molar-refractivity contribution in [2.24, 2.45) is 27.2 Å². The number of alkyl halides is 2. The first-order valence-electron chi connectivity index (χ1n) is 5.51. The molecule has 7 N–H and O–H groups in total. The fourth-order valence-electron chi connectivity index (χ4n) is 1.29. The number of hydrogen-bond acceptors (Lipinski definition) is 3. The lowest BCUT2D eigenvalue weighted by molar-refractivity contribution is 0.0695. The molecule has 0 heterocycles. The molecule has 0 aliphatic rings. The lowest BCUT2D eigenvalue weighted by Crippen LogP contribution is -2.26. The van der Waals surface area contributed by atoms with Crippen LogP contribution in [0.3, 0.4) is 0 Å². The molecule has 0 saturated carbocycles. The van der Waals surface area contributed by atoms with Crippen LogP contribution < -0.4 is 21.9 Å². The molecule has 114 valence electrons. The zero-order chi connectivity index (χ0) is 16.0. The van der Waals surface area contributed by atoms with Crippen LogP contribution in [0.15, 0.2) is 28.2 Å². The van der Waals surface area contributed by atoms with Gasteiger partial charge in [0.1, 0.15) is 18.0 Å². The van der Waals surface area contributed by atoms with Crippen LogP contribution in [0.2, 0.25) is 0 Å². The van der Waals surface area contributed by atoms with Crippen molar-refractivity contribution in [2.75, 3.05) is 6.61 Å². The van der Waals surface area contributed by atoms with Crippen molar-refractivity contribution in [1.82, 2.24) is 0 Å². The largest absolute Gasteiger partial charge is 0.485 e. The molecule has 0 atom stereocenters. The maximum atomic E-state index is 12.2. The zero-order valence-corrected chi connectivity index (χ0v) is 10.7. The molecule has 1 aromatic rings. The van der Waals surface area contributed by atoms with E-state index in [1.165, 1.54) is 12.1 Å². The number of hydrogen-bond donors (Lipinski definition) is 4. The molecular formula is C11H13F2N5O3. The minimum Gasteiger partial charge on any atom is -0.485 e. The van der Waals surface area contributed by atoms with Crippen LogP contribution in [0.4, 0.5) is 14.5 Å². The van der Waals surface area contributed by atoms with Crippen LogP contribution in [0.25, 0.3) is 0 Å². The van der Waals surface area contributed by atoms with Gasteiger partial charge in [0.15, 0.2) is 5.96 Å². The SMILES string of the molecule is NC(N)=NC(N)=Nc1cc(C(=O)O)ccc1OCC(F)F. The van der Waals surface area contributed by atoms with E-state index in [1.807, 2.05) is 0 Å². The van der Waals surface area contributed by atoms with E-state index in [2.05, 4.69) is 9.98 Å². The first kappa shape index (κ1) is 16.1. The minimum atomic E-state index is -2.70. The molecule has 8 nitrogen and oxygen atoms in total. The number of rotatable bonds is 5. The Balaban J connectivity index is 3.19. The normalized spacial score (nSPS) is 11.3. The van der Waals surface area contributed by atoms with Gasteiger partial charge < -0.3 is 27.0 Å². The average molecular weight is 301 g/mol. The summed E-state index contributed by atoms with van der Waals surface area (Å²) < 4.78 is 29.1. The molecule has 0 radical (unpaired) electrons. The third-order valence-electron chi connectivity index (χ3n) is 2.05. The Morgan fingerprint density at radius 3 is 2.52 bits per heavy atom. The Labute approximate surface area is 117 Å². The highest BCUT2D eigenvalue weighted by molar-refractivity contribution is 5.95. The highest BCUT2D eigenvalue weighted by atomic mass is 19.3. The number of benzene rings is 1. The first-order chi connectivity index (χ1) is 9.79. The predicted octanol–water partition coefficient (Wildman–Crippen LogP) is 0.248. The number of ether oxygens (including phenoxy) is 1. The number of carboxylic acid groups (broad SMARTS) is 1. The first-order valence-corrected chi connectivity index (χ1v) is 5.51. The van der Waals surface area contributed by atoms with Gasteiger partial charge in [-0.05, 0) is 18.2 Å². The number of carboxylic acids is 1. The van der Waals surface area contributed by atoms with Crippen LogP contribution >= 0.6 is 0 Å². The van der Waals surface area contributed by atoms with Gasteiger partial charge in [-0.15, -0.1) is 0 Å². The summed E-state index contributed by atoms with van der Waals surface area (Å²) in [4.78, 5) is 18.1. The molecule has 1 aromatic carbocycles. The second-order valence-electron chi connectivity index (χ2n) is 3.70. The van der Waals surface area contributed by atoms with E-state index in [0.717, 1.165) is 6.07 Å². The number of halogens is 2. The summed E-state index contributed by atoms with van der Waals surface area (Å²) >= 11 is 0. The number of aromatic carboxylic acids is 1. The van der Waals surface area contributed by atoms with Gasteiger partial charge in [-0.3, -0.25) is 0 Å². The second kappa shape index (κ2) is 7.03. The predicted molar refractivity (Wildman–Crippen MR) is 72.0 cm³/mol. The summed E-state index contributed by atoms with van der Waals surface area (Å²) in [6, 6.07) is 3.46. The van der Waals surface area contributed by atoms with Gasteiger partial charge in [0.25, 0.3) is 6.43 Å². The molecule has 0 spiro atoms. The maximum absolute atomic E-state index is 12.2. The smallest absolute Gasteiger partial charge is 0.335 e. The Morgan fingerprint density at radius 2 is 2.00 bits per heavy atom. The van der Waals surface area contributed by atoms with Crippen molar-refractivity contribution in [3.8, 4) is 5.75 Å². The summed E-state index contributed by atoms with van der Waals surface area (Å²) in [6.07, 6.45) is -2.70. The summed E-state index contributed by atoms with van der Waals surface area (Å²) in [5, 5.41) is 8.89. The van der Waals surface area contributed by atoms with Crippen molar-refractivity contribution in [2.45, 2.75) is 6.43 Å². The van der Waals surface area contributed by atoms with Crippen LogP contribution in [0.5, 0.6) is 5.75 Å². The van der Waals surface area contributed by atoms with Crippen LogP contribution in [-0.2, 0) is 0 Å². The van der Waals surface area contributed by atoms with Crippen molar-refractivity contribution in [3.05, 3.63) is 23.8 Å². The molecule has 10 heteroatoms. The summed E-state index contributed by atoms with van der Waals surface area (Å²) in [5.74, 6) is -2.04. The van der Waals surface area contributed by atoms with Crippen molar-refractivity contribution >= 4 is 23.6 Å². The van der Waals surface area contributed by atoms with Gasteiger partial charge in [0.2, 0.25) is 5.96 Å². The fraction of sp³-hybridized carbons (Fsp3) is 0.182. The number of nitrogens with two attached hydrogens (primary N) is 3. The van der Waals surface area contributed by atoms with Gasteiger partial charge in [-0.1, -0.05) is 0 Å². The molecule has 0 aliphatic heterocycles. The van der Waals surface area contributed by atoms with Gasteiger partial charge >= 0.3 is 5.97 Å². The van der Waals surface area contributed by atoms with Crippen molar-refractivity contribution in [1.29, 1.82) is 0 Å². The average Bonchev–Trinajstić information content (AvgIpc) is 2.35. The quantitative estimate of drug-likeness (QED) is 0.452. The summed E-state index contributed by atoms with van der Waals surface area (Å²) in [6.45, 7) is -0.878. The van der Waals surface area contributed by atoms with E-state index in [1.54, 1.807) is 0 Å². The van der Waals surface area contributed by atoms with Crippen LogP contribution in [0.1, 0.15) is 10.4 Å². The van der Waals surface area contributed by atoms with Gasteiger partial charge in [-0.25, -0.2) is 18.6 Å². The Hall–Kier alpha value is -2.91. The summed E-state index contributed by atoms with van der Waals surface area (Å²) in [7, 11) is 0. The third-order valence-corrected chi connectivity index (χ3v) is 2.05. The molecule has 0 bridgehead atoms. The number of aliphatic imine (C=N–C) groups is 2. The van der Waals surface area contributed by atoms with Gasteiger partial charge in [-0.2, -0.15) is 4.99 Å². The lowest BCUT2D eigenvalue weighted by atomic mass is 10.2. The monoisotopic (exact) mass is 301 g/mol. The molecule has 1 rings (SSSR count). The van der Waals surface area contributed by atoms with Crippen LogP contribution in [-0.4, -0.2) is 36.0 Å². The van der Waals surface area contributed by atoms with E-state index in [0.29, 0.717) is 0 Å². The van der Waals surface area contributed by atoms with E-state index in [9.17, 15) is 13.6 Å². The van der Waals surface area contributed by atoms with Crippen molar-refractivity contribution in [3.63, 3.8) is 0 Å². The van der Waals surface area contributed by atoms with E-state index in [4.69, 9.17) is 27.0 Å². The highest BCUT2D eigenvalue weighted by Crippen LogP contribution is 2.29. The highest BCUT2D eigenvalue weighted by Gasteiger charge is 2.12. The topological polar surface area (TPSA) is 149 Å². The zero-order valence-electron chi connectivity index (χ0n) is 10.7. The molecule has 0 unspecified atom stereocenters. The minimum absolute atomic E-state index is 0.0750. The molecular weight excluding hydrogens is 288 g/mol. The molecule has 21 heavy (non-hydrogen) atoms. The third kappa shape index (κ3) is 5.30. The van der Waals surface area contributed by atoms with E-state index < -0.39 is 19.0 Å². The fourth-order valence-corrected chi connectivity index (χ4v) is 1.29. The summed E-state index contributed by atoms with van der Waals surface area (Å²) in [5.41, 5.74) is 15.4. The number of nitrogens with zero attached hydrogens (tertiary/aromatic N) is 2. The van der Waals surface area contributed by atoms with E-state index in [-0.39, 0.29) is 28.9 Å². The van der Waals surface area contributed by atoms with Crippen LogP contribution in [0, 0.1) is 0 Å². The van der Waals surface area contributed by atoms with E-state index >= 15 is 0 Å². The lowest BCUT2D eigenvalue weighted by Gasteiger charge is -2.09. The maximum Gasteiger partial charge on any atom is 0.335 e. The number of guanidine groups is 2. The molecule has 0 amide bonds. The van der Waals surface area contributed by atoms with Gasteiger partial charge in [0.05, 0.1) is 5.56 Å². The number of carbonyl (C=O) groups is 1. The van der Waals surface area contributed by atoms with Crippen molar-refractivity contribution < 1.29 is 23.4 Å².